The number of hydrogen-bond donors (Lipinski definition) is 0. The van der Waals surface area contributed by atoms with Gasteiger partial charge in [0.25, 0.3) is 0 Å². The fourth-order valence-electron chi connectivity index (χ4n) is 0.503. The Morgan fingerprint density at radius 1 is 1.67 bits per heavy atom. The van der Waals surface area contributed by atoms with Crippen molar-refractivity contribution in [2.24, 2.45) is 0 Å². The van der Waals surface area contributed by atoms with Crippen molar-refractivity contribution in [3.63, 3.8) is 0 Å². The molecule has 0 radical (unpaired) electrons. The van der Waals surface area contributed by atoms with Crippen LogP contribution in [-0.4, -0.2) is 15.0 Å². The molecule has 0 rings (SSSR count). The van der Waals surface area contributed by atoms with Crippen LogP contribution in [0.4, 0.5) is 0 Å². The standard InChI is InChI=1S/C7H13ClSe/c1-3-4-5-6-7(8)9-2/h6H,3-5H2,1-2H3/b7-6+. The molecule has 0 spiro atoms. The minimum atomic E-state index is 0.509. The average Bonchev–Trinajstić information content (AvgIpc) is 1.89. The first-order valence-electron chi connectivity index (χ1n) is 3.21. The number of unbranched alkanes of at least 4 members (excludes halogenated alkanes) is 2. The summed E-state index contributed by atoms with van der Waals surface area (Å²) in [4.78, 5) is 0. The molecular formula is C7H13ClSe. The van der Waals surface area contributed by atoms with E-state index in [-0.39, 0.29) is 0 Å². The third-order valence-corrected chi connectivity index (χ3v) is 3.18. The SMILES string of the molecule is CCCC/C=C(\Cl)[Se]C. The summed E-state index contributed by atoms with van der Waals surface area (Å²) in [7, 11) is 0. The van der Waals surface area contributed by atoms with Gasteiger partial charge in [-0.2, -0.15) is 0 Å². The van der Waals surface area contributed by atoms with E-state index < -0.39 is 0 Å². The Morgan fingerprint density at radius 2 is 2.33 bits per heavy atom. The van der Waals surface area contributed by atoms with Crippen LogP contribution in [-0.2, 0) is 0 Å². The summed E-state index contributed by atoms with van der Waals surface area (Å²) in [5, 5.41) is 0. The Balaban J connectivity index is 3.21. The van der Waals surface area contributed by atoms with Crippen molar-refractivity contribution >= 4 is 26.6 Å². The van der Waals surface area contributed by atoms with Gasteiger partial charge in [-0.15, -0.1) is 0 Å². The van der Waals surface area contributed by atoms with Gasteiger partial charge in [-0.3, -0.25) is 0 Å². The molecule has 2 heteroatoms. The van der Waals surface area contributed by atoms with Crippen LogP contribution in [0.25, 0.3) is 0 Å². The van der Waals surface area contributed by atoms with Crippen molar-refractivity contribution in [3.8, 4) is 0 Å². The van der Waals surface area contributed by atoms with Crippen LogP contribution in [0.3, 0.4) is 0 Å². The summed E-state index contributed by atoms with van der Waals surface area (Å²) in [5.74, 6) is 2.14. The molecule has 0 amide bonds. The molecule has 0 aliphatic carbocycles. The molecule has 0 aromatic rings. The van der Waals surface area contributed by atoms with Crippen molar-refractivity contribution < 1.29 is 0 Å². The Labute approximate surface area is 68.8 Å². The predicted octanol–water partition coefficient (Wildman–Crippen LogP) is 3.01. The van der Waals surface area contributed by atoms with Crippen LogP contribution in [0.15, 0.2) is 10.0 Å². The van der Waals surface area contributed by atoms with Crippen molar-refractivity contribution in [2.45, 2.75) is 32.0 Å². The topological polar surface area (TPSA) is 0 Å². The molecule has 54 valence electrons. The van der Waals surface area contributed by atoms with Crippen LogP contribution < -0.4 is 0 Å². The van der Waals surface area contributed by atoms with E-state index in [2.05, 4.69) is 18.8 Å². The Bertz CT molecular complexity index is 88.9. The van der Waals surface area contributed by atoms with E-state index in [9.17, 15) is 0 Å². The third kappa shape index (κ3) is 6.43. The van der Waals surface area contributed by atoms with Crippen molar-refractivity contribution in [1.82, 2.24) is 0 Å². The van der Waals surface area contributed by atoms with Gasteiger partial charge in [-0.25, -0.2) is 0 Å². The zero-order valence-corrected chi connectivity index (χ0v) is 8.45. The average molecular weight is 212 g/mol. The first-order chi connectivity index (χ1) is 4.31. The summed E-state index contributed by atoms with van der Waals surface area (Å²) in [6.07, 6.45) is 5.83. The van der Waals surface area contributed by atoms with E-state index in [1.165, 1.54) is 12.8 Å². The van der Waals surface area contributed by atoms with E-state index in [0.717, 1.165) is 10.4 Å². The molecule has 0 fully saturated rings. The van der Waals surface area contributed by atoms with Gasteiger partial charge in [0.05, 0.1) is 0 Å². The molecular weight excluding hydrogens is 198 g/mol. The monoisotopic (exact) mass is 212 g/mol. The van der Waals surface area contributed by atoms with Crippen molar-refractivity contribution in [3.05, 3.63) is 10.0 Å². The second kappa shape index (κ2) is 6.67. The Morgan fingerprint density at radius 3 is 2.78 bits per heavy atom. The maximum atomic E-state index is 5.79. The van der Waals surface area contributed by atoms with Gasteiger partial charge in [0.15, 0.2) is 0 Å². The zero-order valence-electron chi connectivity index (χ0n) is 5.98. The maximum absolute atomic E-state index is 5.79. The minimum absolute atomic E-state index is 0.509. The molecule has 0 aliphatic rings. The van der Waals surface area contributed by atoms with Gasteiger partial charge in [-0.1, -0.05) is 0 Å². The van der Waals surface area contributed by atoms with E-state index in [4.69, 9.17) is 11.6 Å². The Hall–Kier alpha value is 0.549. The van der Waals surface area contributed by atoms with Crippen LogP contribution in [0.2, 0.25) is 5.82 Å². The van der Waals surface area contributed by atoms with Gasteiger partial charge < -0.3 is 0 Å². The number of allylic oxidation sites excluding steroid dienone is 1. The molecule has 0 nitrogen and oxygen atoms in total. The first-order valence-corrected chi connectivity index (χ1v) is 6.15. The quantitative estimate of drug-likeness (QED) is 0.495. The van der Waals surface area contributed by atoms with Gasteiger partial charge in [0.1, 0.15) is 0 Å². The van der Waals surface area contributed by atoms with Crippen LogP contribution in [0, 0.1) is 0 Å². The second-order valence-electron chi connectivity index (χ2n) is 1.85. The zero-order chi connectivity index (χ0) is 7.11. The normalized spacial score (nSPS) is 12.1. The second-order valence-corrected chi connectivity index (χ2v) is 4.55. The molecule has 0 aliphatic heterocycles. The van der Waals surface area contributed by atoms with Crippen LogP contribution >= 0.6 is 11.6 Å². The van der Waals surface area contributed by atoms with Crippen molar-refractivity contribution in [2.75, 3.05) is 0 Å². The van der Waals surface area contributed by atoms with Gasteiger partial charge in [0.2, 0.25) is 0 Å². The number of rotatable bonds is 4. The van der Waals surface area contributed by atoms with E-state index >= 15 is 0 Å². The molecule has 0 N–H and O–H groups in total. The van der Waals surface area contributed by atoms with Gasteiger partial charge in [0, 0.05) is 0 Å². The summed E-state index contributed by atoms with van der Waals surface area (Å²) in [6.45, 7) is 2.19. The van der Waals surface area contributed by atoms with E-state index in [1.807, 2.05) is 0 Å². The van der Waals surface area contributed by atoms with Gasteiger partial charge >= 0.3 is 68.6 Å². The van der Waals surface area contributed by atoms with Crippen LogP contribution in [0.5, 0.6) is 0 Å². The van der Waals surface area contributed by atoms with E-state index in [0.29, 0.717) is 15.0 Å². The van der Waals surface area contributed by atoms with Crippen LogP contribution in [0.1, 0.15) is 26.2 Å². The summed E-state index contributed by atoms with van der Waals surface area (Å²) >= 11 is 6.30. The summed E-state index contributed by atoms with van der Waals surface area (Å²) in [5.41, 5.74) is 0. The predicted molar refractivity (Wildman–Crippen MR) is 45.1 cm³/mol. The Kier molecular flexibility index (Phi) is 7.07. The first kappa shape index (κ1) is 9.55. The fraction of sp³-hybridized carbons (Fsp3) is 0.714. The summed E-state index contributed by atoms with van der Waals surface area (Å²) < 4.78 is 1.07. The molecule has 0 saturated carbocycles. The third-order valence-electron chi connectivity index (χ3n) is 1.06. The number of hydrogen-bond acceptors (Lipinski definition) is 0. The molecule has 9 heavy (non-hydrogen) atoms. The number of halogens is 1. The molecule has 0 unspecified atom stereocenters. The fourth-order valence-corrected chi connectivity index (χ4v) is 1.21. The van der Waals surface area contributed by atoms with E-state index in [1.54, 1.807) is 0 Å². The molecule has 0 heterocycles. The molecule has 0 aromatic heterocycles. The van der Waals surface area contributed by atoms with Crippen molar-refractivity contribution in [1.29, 1.82) is 0 Å². The molecule has 0 bridgehead atoms. The molecule has 0 aromatic carbocycles. The summed E-state index contributed by atoms with van der Waals surface area (Å²) in [6, 6.07) is 0. The molecule has 0 saturated heterocycles. The molecule has 0 atom stereocenters. The van der Waals surface area contributed by atoms with Gasteiger partial charge in [-0.05, 0) is 0 Å².